The number of amides is 4. The summed E-state index contributed by atoms with van der Waals surface area (Å²) < 4.78 is 74.9. The van der Waals surface area contributed by atoms with E-state index in [0.29, 0.717) is 30.4 Å². The lowest BCUT2D eigenvalue weighted by Gasteiger charge is -2.23. The van der Waals surface area contributed by atoms with Crippen LogP contribution < -0.4 is 10.5 Å². The summed E-state index contributed by atoms with van der Waals surface area (Å²) in [4.78, 5) is 52.6. The van der Waals surface area contributed by atoms with Crippen LogP contribution >= 0.6 is 0 Å². The Balaban J connectivity index is 1.03. The summed E-state index contributed by atoms with van der Waals surface area (Å²) in [6, 6.07) is 3.52. The van der Waals surface area contributed by atoms with Crippen molar-refractivity contribution in [2.24, 2.45) is 17.1 Å². The molecular weight excluding hydrogens is 629 g/mol. The molecule has 1 saturated heterocycles. The third kappa shape index (κ3) is 7.67. The summed E-state index contributed by atoms with van der Waals surface area (Å²) >= 11 is 0. The van der Waals surface area contributed by atoms with Gasteiger partial charge in [-0.1, -0.05) is 31.2 Å². The van der Waals surface area contributed by atoms with Crippen molar-refractivity contribution in [1.29, 1.82) is 0 Å². The number of carbonyl (C=O) groups excluding carboxylic acids is 4. The van der Waals surface area contributed by atoms with Gasteiger partial charge in [-0.2, -0.15) is 0 Å². The average Bonchev–Trinajstić information content (AvgIpc) is 3.85. The van der Waals surface area contributed by atoms with E-state index in [1.807, 2.05) is 0 Å². The van der Waals surface area contributed by atoms with E-state index in [-0.39, 0.29) is 51.2 Å². The van der Waals surface area contributed by atoms with Crippen molar-refractivity contribution in [3.8, 4) is 0 Å². The van der Waals surface area contributed by atoms with Crippen molar-refractivity contribution in [3.05, 3.63) is 47.3 Å². The molecule has 0 bridgehead atoms. The number of likely N-dealkylation sites (tertiary alicyclic amines) is 1. The van der Waals surface area contributed by atoms with Crippen LogP contribution in [0.1, 0.15) is 75.8 Å². The highest BCUT2D eigenvalue weighted by Crippen LogP contribution is 2.53. The molecule has 2 heterocycles. The molecule has 4 atom stereocenters. The second-order valence-electron chi connectivity index (χ2n) is 13.0. The van der Waals surface area contributed by atoms with E-state index in [1.54, 1.807) is 31.2 Å². The number of ether oxygens (including phenoxy) is 1. The van der Waals surface area contributed by atoms with E-state index in [9.17, 15) is 40.8 Å². The maximum absolute atomic E-state index is 14.6. The van der Waals surface area contributed by atoms with Gasteiger partial charge in [0.15, 0.2) is 0 Å². The third-order valence-corrected chi connectivity index (χ3v) is 11.2. The van der Waals surface area contributed by atoms with Gasteiger partial charge in [-0.25, -0.2) is 26.4 Å². The van der Waals surface area contributed by atoms with Crippen molar-refractivity contribution < 1.29 is 45.5 Å². The largest absolute Gasteiger partial charge is 0.444 e. The Bertz CT molecular complexity index is 1530. The summed E-state index contributed by atoms with van der Waals surface area (Å²) in [7, 11) is -3.65. The van der Waals surface area contributed by atoms with Gasteiger partial charge in [-0.15, -0.1) is 0 Å². The summed E-state index contributed by atoms with van der Waals surface area (Å²) in [5, 5.41) is -0.514. The highest BCUT2D eigenvalue weighted by atomic mass is 32.2. The Hall–Kier alpha value is -3.62. The summed E-state index contributed by atoms with van der Waals surface area (Å²) in [6.45, 7) is 1.73. The molecule has 5 rings (SSSR count). The minimum atomic E-state index is -3.65. The van der Waals surface area contributed by atoms with Crippen LogP contribution in [0.3, 0.4) is 0 Å². The molecule has 0 radical (unpaired) electrons. The number of nitrogens with two attached hydrogens (primary N) is 1. The summed E-state index contributed by atoms with van der Waals surface area (Å²) in [5.41, 5.74) is 5.67. The minimum absolute atomic E-state index is 0.0253. The van der Waals surface area contributed by atoms with Crippen LogP contribution in [0.15, 0.2) is 30.4 Å². The smallest absolute Gasteiger partial charge is 0.410 e. The van der Waals surface area contributed by atoms with Gasteiger partial charge in [0, 0.05) is 37.8 Å². The van der Waals surface area contributed by atoms with Crippen molar-refractivity contribution in [1.82, 2.24) is 14.5 Å². The third-order valence-electron chi connectivity index (χ3n) is 9.36. The van der Waals surface area contributed by atoms with Gasteiger partial charge in [0.2, 0.25) is 33.7 Å². The number of carbonyl (C=O) groups is 4. The predicted molar refractivity (Wildman–Crippen MR) is 159 cm³/mol. The summed E-state index contributed by atoms with van der Waals surface area (Å²) in [6.07, 6.45) is 1.77. The first-order valence-corrected chi connectivity index (χ1v) is 17.1. The number of allylic oxidation sites excluding steroid dienone is 2. The number of hydrogen-bond acceptors (Lipinski definition) is 7. The molecule has 1 aromatic carbocycles. The van der Waals surface area contributed by atoms with Crippen LogP contribution in [-0.2, 0) is 42.2 Å². The van der Waals surface area contributed by atoms with E-state index in [2.05, 4.69) is 4.72 Å². The number of alkyl halides is 2. The first-order chi connectivity index (χ1) is 21.6. The van der Waals surface area contributed by atoms with Crippen LogP contribution in [0.5, 0.6) is 0 Å². The van der Waals surface area contributed by atoms with Crippen molar-refractivity contribution >= 4 is 33.8 Å². The number of nitrogens with one attached hydrogen (secondary N) is 1. The highest BCUT2D eigenvalue weighted by Gasteiger charge is 2.56. The molecule has 1 aromatic rings. The fraction of sp³-hybridized carbons (Fsp3) is 0.613. The SMILES string of the molecule is C[C@]1(C(=O)NS(=O)(=O)C2CC2)C[C@H]1/C=C\CCC(F)(F)CCCC(=O)N1C[C@H](OC(=O)N2Cc3cccc(F)c3C2)C[C@H]1C(N)=O. The van der Waals surface area contributed by atoms with Gasteiger partial charge in [-0.3, -0.25) is 24.0 Å². The topological polar surface area (TPSA) is 156 Å². The molecule has 0 unspecified atom stereocenters. The Labute approximate surface area is 265 Å². The highest BCUT2D eigenvalue weighted by molar-refractivity contribution is 7.90. The van der Waals surface area contributed by atoms with Gasteiger partial charge >= 0.3 is 6.09 Å². The van der Waals surface area contributed by atoms with Gasteiger partial charge in [0.1, 0.15) is 18.0 Å². The Kier molecular flexibility index (Phi) is 9.45. The summed E-state index contributed by atoms with van der Waals surface area (Å²) in [5.74, 6) is -5.64. The number of rotatable bonds is 13. The zero-order chi connectivity index (χ0) is 33.4. The lowest BCUT2D eigenvalue weighted by Crippen LogP contribution is -2.43. The Morgan fingerprint density at radius 1 is 1.17 bits per heavy atom. The molecule has 11 nitrogen and oxygen atoms in total. The molecular formula is C31H39F3N4O7S. The van der Waals surface area contributed by atoms with E-state index >= 15 is 0 Å². The maximum atomic E-state index is 14.6. The van der Waals surface area contributed by atoms with Gasteiger partial charge in [0.05, 0.1) is 23.8 Å². The average molecular weight is 669 g/mol. The number of nitrogens with zero attached hydrogens (tertiary/aromatic N) is 2. The molecule has 3 fully saturated rings. The second kappa shape index (κ2) is 12.9. The maximum Gasteiger partial charge on any atom is 0.410 e. The minimum Gasteiger partial charge on any atom is -0.444 e. The monoisotopic (exact) mass is 668 g/mol. The molecule has 2 saturated carbocycles. The number of hydrogen-bond donors (Lipinski definition) is 2. The number of sulfonamides is 1. The Morgan fingerprint density at radius 3 is 2.59 bits per heavy atom. The lowest BCUT2D eigenvalue weighted by atomic mass is 10.0. The quantitative estimate of drug-likeness (QED) is 0.305. The predicted octanol–water partition coefficient (Wildman–Crippen LogP) is 3.51. The normalized spacial score (nSPS) is 25.9. The Morgan fingerprint density at radius 2 is 1.91 bits per heavy atom. The van der Waals surface area contributed by atoms with Crippen LogP contribution in [0.25, 0.3) is 0 Å². The van der Waals surface area contributed by atoms with Gasteiger partial charge < -0.3 is 15.4 Å². The second-order valence-corrected chi connectivity index (χ2v) is 15.0. The fourth-order valence-corrected chi connectivity index (χ4v) is 7.54. The molecule has 2 aliphatic carbocycles. The molecule has 252 valence electrons. The number of primary amides is 1. The molecule has 46 heavy (non-hydrogen) atoms. The molecule has 0 spiro atoms. The molecule has 4 amide bonds. The zero-order valence-corrected chi connectivity index (χ0v) is 26.4. The molecule has 3 N–H and O–H groups in total. The van der Waals surface area contributed by atoms with E-state index in [1.165, 1.54) is 11.0 Å². The molecule has 15 heteroatoms. The van der Waals surface area contributed by atoms with Crippen molar-refractivity contribution in [3.63, 3.8) is 0 Å². The van der Waals surface area contributed by atoms with Crippen molar-refractivity contribution in [2.45, 2.75) is 101 Å². The number of fused-ring (bicyclic) bond motifs is 1. The molecule has 0 aromatic heterocycles. The van der Waals surface area contributed by atoms with E-state index < -0.39 is 81.2 Å². The fourth-order valence-electron chi connectivity index (χ4n) is 6.12. The van der Waals surface area contributed by atoms with Gasteiger partial charge in [-0.05, 0) is 49.7 Å². The van der Waals surface area contributed by atoms with Crippen LogP contribution in [0.2, 0.25) is 0 Å². The van der Waals surface area contributed by atoms with Crippen LogP contribution in [-0.4, -0.2) is 71.9 Å². The number of benzene rings is 1. The first-order valence-electron chi connectivity index (χ1n) is 15.5. The lowest BCUT2D eigenvalue weighted by molar-refractivity contribution is -0.137. The van der Waals surface area contributed by atoms with E-state index in [4.69, 9.17) is 10.5 Å². The van der Waals surface area contributed by atoms with Gasteiger partial charge in [0.25, 0.3) is 0 Å². The standard InChI is InChI=1S/C31H39F3N4O7S/c1-30(28(41)36-46(43,44)22-10-11-22)15-20(30)7-2-3-12-31(33,34)13-5-9-26(39)38-17-21(14-25(38)27(35)40)45-29(42)37-16-19-6-4-8-24(32)23(19)18-37/h2,4,6-8,20-22,25H,3,5,9-18H2,1H3,(H2,35,40)(H,36,41)/b7-2-/t20-,21-,25+,30+/m1/s1. The van der Waals surface area contributed by atoms with Crippen molar-refractivity contribution in [2.75, 3.05) is 6.54 Å². The molecule has 2 aliphatic heterocycles. The number of halogens is 3. The zero-order valence-electron chi connectivity index (χ0n) is 25.6. The molecule has 4 aliphatic rings. The van der Waals surface area contributed by atoms with E-state index in [0.717, 1.165) is 4.90 Å². The van der Waals surface area contributed by atoms with Crippen LogP contribution in [0, 0.1) is 17.2 Å². The first kappa shape index (κ1) is 33.7. The van der Waals surface area contributed by atoms with Crippen LogP contribution in [0.4, 0.5) is 18.0 Å².